The van der Waals surface area contributed by atoms with Gasteiger partial charge >= 0.3 is 5.97 Å². The lowest BCUT2D eigenvalue weighted by Crippen LogP contribution is -2.61. The largest absolute Gasteiger partial charge is 0.465 e. The summed E-state index contributed by atoms with van der Waals surface area (Å²) in [6.45, 7) is 13.0. The fourth-order valence-corrected chi connectivity index (χ4v) is 13.9. The van der Waals surface area contributed by atoms with Crippen LogP contribution in [0.15, 0.2) is 30.3 Å². The average molecular weight is 620 g/mol. The van der Waals surface area contributed by atoms with Gasteiger partial charge in [-0.3, -0.25) is 0 Å². The molecule has 7 rings (SSSR count). The zero-order chi connectivity index (χ0) is 30.7. The number of carbonyl (C=O) groups excluding carboxylic acids is 1. The topological polar surface area (TPSA) is 38.3 Å². The molecule has 1 aromatic carbocycles. The zero-order valence-electron chi connectivity index (χ0n) is 28.3. The number of thioether (sulfide) groups is 1. The number of likely N-dealkylation sites (N-methyl/N-ethyl adjacent to an activating group) is 1. The Kier molecular flexibility index (Phi) is 8.35. The predicted octanol–water partition coefficient (Wildman–Crippen LogP) is 8.08. The lowest BCUT2D eigenvalue weighted by Gasteiger charge is -2.64. The first kappa shape index (κ1) is 31.3. The number of fused-ring (bicyclic) bond motifs is 7. The van der Waals surface area contributed by atoms with Gasteiger partial charge in [-0.25, -0.2) is 4.79 Å². The Morgan fingerprint density at radius 1 is 0.932 bits per heavy atom. The summed E-state index contributed by atoms with van der Waals surface area (Å²) in [5, 5.41) is 4.32. The highest BCUT2D eigenvalue weighted by Crippen LogP contribution is 2.68. The summed E-state index contributed by atoms with van der Waals surface area (Å²) in [5.74, 6) is 7.75. The molecule has 1 heterocycles. The molecule has 6 aliphatic rings. The van der Waals surface area contributed by atoms with Gasteiger partial charge in [0.15, 0.2) is 0 Å². The van der Waals surface area contributed by atoms with E-state index in [0.29, 0.717) is 22.4 Å². The normalized spacial score (nSPS) is 40.5. The lowest BCUT2D eigenvalue weighted by molar-refractivity contribution is -0.904. The number of quaternary nitrogens is 1. The van der Waals surface area contributed by atoms with Crippen molar-refractivity contribution in [1.29, 1.82) is 0 Å². The quantitative estimate of drug-likeness (QED) is 0.258. The first-order valence-corrected chi connectivity index (χ1v) is 19.3. The van der Waals surface area contributed by atoms with Gasteiger partial charge in [0.2, 0.25) is 0 Å². The van der Waals surface area contributed by atoms with E-state index < -0.39 is 0 Å². The molecule has 0 aromatic heterocycles. The number of esters is 1. The van der Waals surface area contributed by atoms with Crippen LogP contribution < -0.4 is 5.32 Å². The molecule has 44 heavy (non-hydrogen) atoms. The van der Waals surface area contributed by atoms with Crippen LogP contribution >= 0.6 is 11.8 Å². The summed E-state index contributed by atoms with van der Waals surface area (Å²) in [7, 11) is 3.96. The number of carbonyl (C=O) groups is 1. The molecule has 4 saturated carbocycles. The maximum atomic E-state index is 12.0. The van der Waals surface area contributed by atoms with Gasteiger partial charge in [0.1, 0.15) is 0 Å². The van der Waals surface area contributed by atoms with E-state index in [4.69, 9.17) is 4.74 Å². The van der Waals surface area contributed by atoms with Gasteiger partial charge in [-0.15, -0.1) is 0 Å². The van der Waals surface area contributed by atoms with Crippen LogP contribution in [0.3, 0.4) is 0 Å². The van der Waals surface area contributed by atoms with E-state index in [0.717, 1.165) is 29.6 Å². The summed E-state index contributed by atoms with van der Waals surface area (Å²) >= 11 is 2.15. The number of hydrogen-bond donors (Lipinski definition) is 1. The molecule has 5 heteroatoms. The second kappa shape index (κ2) is 11.7. The first-order chi connectivity index (χ1) is 21.1. The number of methoxy groups -OCH3 is 1. The molecule has 242 valence electrons. The number of rotatable bonds is 6. The van der Waals surface area contributed by atoms with E-state index in [9.17, 15) is 4.79 Å². The molecule has 5 aliphatic carbocycles. The van der Waals surface area contributed by atoms with Gasteiger partial charge in [0, 0.05) is 23.6 Å². The monoisotopic (exact) mass is 619 g/mol. The van der Waals surface area contributed by atoms with Crippen LogP contribution in [0.2, 0.25) is 0 Å². The van der Waals surface area contributed by atoms with Crippen molar-refractivity contribution in [3.63, 3.8) is 0 Å². The summed E-state index contributed by atoms with van der Waals surface area (Å²) in [5.41, 5.74) is 4.36. The van der Waals surface area contributed by atoms with E-state index in [1.54, 1.807) is 0 Å². The molecular formula is C39H59N2O2S+. The van der Waals surface area contributed by atoms with Crippen molar-refractivity contribution < 1.29 is 14.0 Å². The van der Waals surface area contributed by atoms with Crippen LogP contribution in [0.1, 0.15) is 101 Å². The van der Waals surface area contributed by atoms with E-state index in [1.807, 2.05) is 12.1 Å². The zero-order valence-corrected chi connectivity index (χ0v) is 29.2. The lowest BCUT2D eigenvalue weighted by atomic mass is 9.41. The third-order valence-electron chi connectivity index (χ3n) is 14.8. The maximum absolute atomic E-state index is 12.0. The van der Waals surface area contributed by atoms with Crippen LogP contribution in [0.4, 0.5) is 0 Å². The fourth-order valence-electron chi connectivity index (χ4n) is 12.5. The summed E-state index contributed by atoms with van der Waals surface area (Å²) in [6, 6.07) is 8.19. The van der Waals surface area contributed by atoms with E-state index in [1.165, 1.54) is 125 Å². The molecule has 0 amide bonds. The average Bonchev–Trinajstić information content (AvgIpc) is 3.45. The van der Waals surface area contributed by atoms with Crippen LogP contribution in [-0.4, -0.2) is 67.8 Å². The summed E-state index contributed by atoms with van der Waals surface area (Å²) in [4.78, 5) is 12.0. The standard InChI is InChI=1S/C39H59N2O2S/c1-37(2)32(27-8-10-28(11-9-27)36(42)43-5)17-19-38(3)33-14-12-31-29(30(33)13-15-35(37)38)16-20-39(18-6-7-34(31)39)40-21-22-41(4)23-25-44-26-24-41/h8-11,17,29-31,33-35,40H,6-7,12-16,18-26H2,1-5H3/q+1/t29?,30?,31?,33?,34-,35?,38?,39?/m1/s1. The molecule has 7 unspecified atom stereocenters. The molecule has 1 aromatic rings. The number of nitrogens with one attached hydrogen (secondary N) is 1. The molecule has 4 nitrogen and oxygen atoms in total. The third kappa shape index (κ3) is 5.14. The third-order valence-corrected chi connectivity index (χ3v) is 15.7. The molecule has 0 spiro atoms. The molecular weight excluding hydrogens is 561 g/mol. The number of nitrogens with zero attached hydrogens (tertiary/aromatic N) is 1. The van der Waals surface area contributed by atoms with Crippen LogP contribution in [0.5, 0.6) is 0 Å². The molecule has 5 fully saturated rings. The number of hydrogen-bond acceptors (Lipinski definition) is 4. The van der Waals surface area contributed by atoms with Gasteiger partial charge in [0.25, 0.3) is 0 Å². The highest BCUT2D eigenvalue weighted by molar-refractivity contribution is 7.99. The van der Waals surface area contributed by atoms with Gasteiger partial charge < -0.3 is 14.5 Å². The van der Waals surface area contributed by atoms with Crippen molar-refractivity contribution in [2.75, 3.05) is 51.8 Å². The second-order valence-corrected chi connectivity index (χ2v) is 18.2. The molecule has 1 N–H and O–H groups in total. The Balaban J connectivity index is 1.06. The van der Waals surface area contributed by atoms with Crippen LogP contribution in [0, 0.1) is 46.3 Å². The fraction of sp³-hybridized carbons (Fsp3) is 0.769. The van der Waals surface area contributed by atoms with E-state index in [-0.39, 0.29) is 11.4 Å². The van der Waals surface area contributed by atoms with Crippen molar-refractivity contribution in [2.45, 2.75) is 90.5 Å². The van der Waals surface area contributed by atoms with Gasteiger partial charge in [-0.2, -0.15) is 11.8 Å². The molecule has 0 radical (unpaired) electrons. The Bertz CT molecular complexity index is 1250. The second-order valence-electron chi connectivity index (χ2n) is 16.9. The van der Waals surface area contributed by atoms with Crippen molar-refractivity contribution in [1.82, 2.24) is 5.32 Å². The summed E-state index contributed by atoms with van der Waals surface area (Å²) < 4.78 is 6.23. The number of benzene rings is 1. The Morgan fingerprint density at radius 3 is 2.41 bits per heavy atom. The minimum absolute atomic E-state index is 0.130. The van der Waals surface area contributed by atoms with E-state index >= 15 is 0 Å². The Labute approximate surface area is 272 Å². The van der Waals surface area contributed by atoms with Crippen molar-refractivity contribution in [3.05, 3.63) is 41.5 Å². The first-order valence-electron chi connectivity index (χ1n) is 18.2. The van der Waals surface area contributed by atoms with E-state index in [2.05, 4.69) is 63.1 Å². The Hall–Kier alpha value is -1.30. The highest BCUT2D eigenvalue weighted by Gasteiger charge is 2.61. The molecule has 1 aliphatic heterocycles. The Morgan fingerprint density at radius 2 is 1.66 bits per heavy atom. The van der Waals surface area contributed by atoms with Gasteiger partial charge in [-0.1, -0.05) is 45.4 Å². The van der Waals surface area contributed by atoms with Crippen molar-refractivity contribution in [3.8, 4) is 0 Å². The van der Waals surface area contributed by atoms with Gasteiger partial charge in [0.05, 0.1) is 39.4 Å². The van der Waals surface area contributed by atoms with Crippen LogP contribution in [-0.2, 0) is 4.74 Å². The molecule has 0 bridgehead atoms. The van der Waals surface area contributed by atoms with Crippen molar-refractivity contribution in [2.24, 2.45) is 46.3 Å². The minimum Gasteiger partial charge on any atom is -0.465 e. The smallest absolute Gasteiger partial charge is 0.337 e. The minimum atomic E-state index is -0.254. The number of allylic oxidation sites excluding steroid dienone is 2. The molecule has 8 atom stereocenters. The van der Waals surface area contributed by atoms with Gasteiger partial charge in [-0.05, 0) is 127 Å². The SMILES string of the molecule is COC(=O)c1ccc(C2=CCC3(C)C4CCC5C(CCC6(NCC[N+]7(C)CCSCC7)CCC[C@H]56)C4CCC3C2(C)C)cc1. The predicted molar refractivity (Wildman–Crippen MR) is 184 cm³/mol. The van der Waals surface area contributed by atoms with Crippen molar-refractivity contribution >= 4 is 23.3 Å². The van der Waals surface area contributed by atoms with Crippen LogP contribution in [0.25, 0.3) is 5.57 Å². The number of ether oxygens (including phenoxy) is 1. The summed E-state index contributed by atoms with van der Waals surface area (Å²) in [6.07, 6.45) is 16.8. The maximum Gasteiger partial charge on any atom is 0.337 e. The highest BCUT2D eigenvalue weighted by atomic mass is 32.2. The molecule has 1 saturated heterocycles.